The maximum Gasteiger partial charge on any atom is 0.347 e. The molecule has 1 atom stereocenters. The summed E-state index contributed by atoms with van der Waals surface area (Å²) in [5, 5.41) is 10.7. The molecule has 1 unspecified atom stereocenters. The van der Waals surface area contributed by atoms with Crippen molar-refractivity contribution in [3.05, 3.63) is 130 Å². The number of aliphatic hydroxyl groups is 1. The van der Waals surface area contributed by atoms with Gasteiger partial charge in [0.15, 0.2) is 0 Å². The number of hydrogen-bond acceptors (Lipinski definition) is 6. The molecule has 0 saturated heterocycles. The predicted molar refractivity (Wildman–Crippen MR) is 145 cm³/mol. The first kappa shape index (κ1) is 23.0. The maximum atomic E-state index is 12.2. The van der Waals surface area contributed by atoms with E-state index in [-0.39, 0.29) is 5.89 Å². The molecule has 38 heavy (non-hydrogen) atoms. The Hall–Kier alpha value is -5.43. The average molecular weight is 495 g/mol. The molecule has 0 bridgehead atoms. The summed E-state index contributed by atoms with van der Waals surface area (Å²) in [6.45, 7) is 0. The number of nitrogens with zero attached hydrogens (tertiary/aromatic N) is 2. The lowest BCUT2D eigenvalue weighted by Crippen LogP contribution is -2.16. The van der Waals surface area contributed by atoms with Gasteiger partial charge in [-0.1, -0.05) is 42.2 Å². The summed E-state index contributed by atoms with van der Waals surface area (Å²) in [6, 6.07) is 29.1. The number of benzene rings is 4. The highest BCUT2D eigenvalue weighted by Gasteiger charge is 2.22. The molecule has 5 aromatic rings. The molecule has 4 aromatic carbocycles. The fourth-order valence-electron chi connectivity index (χ4n) is 3.98. The molecule has 2 heterocycles. The first-order chi connectivity index (χ1) is 18.6. The Bertz CT molecular complexity index is 1880. The van der Waals surface area contributed by atoms with Crippen molar-refractivity contribution >= 4 is 22.5 Å². The second-order valence-electron chi connectivity index (χ2n) is 8.42. The number of rotatable bonds is 2. The highest BCUT2D eigenvalue weighted by Crippen LogP contribution is 2.32. The van der Waals surface area contributed by atoms with Gasteiger partial charge in [0.2, 0.25) is 18.1 Å². The Labute approximate surface area is 217 Å². The summed E-state index contributed by atoms with van der Waals surface area (Å²) < 4.78 is 10.9. The van der Waals surface area contributed by atoms with E-state index in [0.29, 0.717) is 33.6 Å². The second-order valence-corrected chi connectivity index (χ2v) is 8.42. The standard InChI is InChI=1S/C32H18N2O4/c35-31-25-9-3-5-11-27(25)33-29(37-31)23-17-13-21(14-18-23)7-1-2-8-22-15-19-24(20-16-22)30-34-28-12-6-4-10-26(28)32(36)38-30/h3-6,9-20,31,35H. The molecule has 6 rings (SSSR count). The third-order valence-electron chi connectivity index (χ3n) is 5.92. The van der Waals surface area contributed by atoms with Gasteiger partial charge in [-0.25, -0.2) is 14.8 Å². The van der Waals surface area contributed by atoms with E-state index in [1.165, 1.54) is 0 Å². The lowest BCUT2D eigenvalue weighted by atomic mass is 10.1. The zero-order chi connectivity index (χ0) is 25.9. The van der Waals surface area contributed by atoms with Crippen molar-refractivity contribution in [2.75, 3.05) is 0 Å². The Balaban J connectivity index is 1.15. The Kier molecular flexibility index (Phi) is 6.00. The number of aliphatic imine (C=N–C) groups is 1. The quantitative estimate of drug-likeness (QED) is 0.334. The van der Waals surface area contributed by atoms with E-state index in [1.54, 1.807) is 24.3 Å². The van der Waals surface area contributed by atoms with Crippen LogP contribution >= 0.6 is 0 Å². The van der Waals surface area contributed by atoms with Crippen LogP contribution in [0.4, 0.5) is 5.69 Å². The van der Waals surface area contributed by atoms with Crippen molar-refractivity contribution < 1.29 is 14.3 Å². The first-order valence-electron chi connectivity index (χ1n) is 11.8. The van der Waals surface area contributed by atoms with E-state index in [2.05, 4.69) is 33.7 Å². The minimum Gasteiger partial charge on any atom is -0.443 e. The number of fused-ring (bicyclic) bond motifs is 2. The molecule has 6 nitrogen and oxygen atoms in total. The molecule has 0 radical (unpaired) electrons. The number of aliphatic hydroxyl groups excluding tert-OH is 1. The summed E-state index contributed by atoms with van der Waals surface area (Å²) in [6.07, 6.45) is -1.05. The van der Waals surface area contributed by atoms with Gasteiger partial charge in [0.05, 0.1) is 16.6 Å². The predicted octanol–water partition coefficient (Wildman–Crippen LogP) is 5.36. The Morgan fingerprint density at radius 3 is 2.11 bits per heavy atom. The molecule has 0 aliphatic carbocycles. The average Bonchev–Trinajstić information content (AvgIpc) is 2.96. The van der Waals surface area contributed by atoms with Gasteiger partial charge in [-0.05, 0) is 78.6 Å². The smallest absolute Gasteiger partial charge is 0.347 e. The SMILES string of the molecule is O=c1oc(-c2ccc(C#CC#Cc3ccc(C4=Nc5ccccc5C(O)O4)cc3)cc2)nc2ccccc12. The Morgan fingerprint density at radius 2 is 1.37 bits per heavy atom. The molecule has 1 N–H and O–H groups in total. The molecule has 1 aromatic heterocycles. The number of ether oxygens (including phenoxy) is 1. The van der Waals surface area contributed by atoms with Crippen molar-refractivity contribution in [1.29, 1.82) is 0 Å². The molecule has 1 aliphatic rings. The van der Waals surface area contributed by atoms with Crippen LogP contribution in [-0.4, -0.2) is 16.0 Å². The fourth-order valence-corrected chi connectivity index (χ4v) is 3.98. The highest BCUT2D eigenvalue weighted by atomic mass is 16.6. The molecule has 0 spiro atoms. The van der Waals surface area contributed by atoms with E-state index >= 15 is 0 Å². The zero-order valence-corrected chi connectivity index (χ0v) is 19.9. The number of hydrogen-bond donors (Lipinski definition) is 1. The topological polar surface area (TPSA) is 84.9 Å². The number of aromatic nitrogens is 1. The molecule has 1 aliphatic heterocycles. The van der Waals surface area contributed by atoms with Crippen molar-refractivity contribution in [1.82, 2.24) is 4.98 Å². The van der Waals surface area contributed by atoms with Gasteiger partial charge in [0.1, 0.15) is 0 Å². The van der Waals surface area contributed by atoms with Crippen molar-refractivity contribution in [2.24, 2.45) is 4.99 Å². The van der Waals surface area contributed by atoms with Gasteiger partial charge in [-0.2, -0.15) is 0 Å². The lowest BCUT2D eigenvalue weighted by molar-refractivity contribution is -0.0315. The molecular weight excluding hydrogens is 476 g/mol. The first-order valence-corrected chi connectivity index (χ1v) is 11.8. The van der Waals surface area contributed by atoms with E-state index in [9.17, 15) is 9.90 Å². The van der Waals surface area contributed by atoms with Crippen LogP contribution in [0.1, 0.15) is 28.5 Å². The molecule has 0 fully saturated rings. The van der Waals surface area contributed by atoms with Gasteiger partial charge in [-0.3, -0.25) is 0 Å². The van der Waals surface area contributed by atoms with E-state index < -0.39 is 11.9 Å². The minimum absolute atomic E-state index is 0.264. The Morgan fingerprint density at radius 1 is 0.737 bits per heavy atom. The van der Waals surface area contributed by atoms with Gasteiger partial charge < -0.3 is 14.3 Å². The van der Waals surface area contributed by atoms with Gasteiger partial charge in [0.25, 0.3) is 0 Å². The monoisotopic (exact) mass is 494 g/mol. The summed E-state index contributed by atoms with van der Waals surface area (Å²) in [4.78, 5) is 21.2. The highest BCUT2D eigenvalue weighted by molar-refractivity contribution is 5.97. The fraction of sp³-hybridized carbons (Fsp3) is 0.0312. The van der Waals surface area contributed by atoms with Crippen LogP contribution in [0.3, 0.4) is 0 Å². The molecule has 0 saturated carbocycles. The summed E-state index contributed by atoms with van der Waals surface area (Å²) in [5.74, 6) is 12.4. The number of para-hydroxylation sites is 2. The van der Waals surface area contributed by atoms with Crippen molar-refractivity contribution in [3.8, 4) is 35.1 Å². The van der Waals surface area contributed by atoms with Crippen LogP contribution < -0.4 is 5.63 Å². The van der Waals surface area contributed by atoms with Gasteiger partial charge in [-0.15, -0.1) is 0 Å². The summed E-state index contributed by atoms with van der Waals surface area (Å²) in [5.41, 5.74) is 4.49. The minimum atomic E-state index is -1.05. The van der Waals surface area contributed by atoms with Crippen LogP contribution in [0.5, 0.6) is 0 Å². The van der Waals surface area contributed by atoms with E-state index in [4.69, 9.17) is 9.15 Å². The van der Waals surface area contributed by atoms with Crippen molar-refractivity contribution in [2.45, 2.75) is 6.29 Å². The van der Waals surface area contributed by atoms with E-state index in [0.717, 1.165) is 16.7 Å². The lowest BCUT2D eigenvalue weighted by Gasteiger charge is -2.21. The third kappa shape index (κ3) is 4.68. The summed E-state index contributed by atoms with van der Waals surface area (Å²) in [7, 11) is 0. The van der Waals surface area contributed by atoms with Crippen LogP contribution in [0.2, 0.25) is 0 Å². The van der Waals surface area contributed by atoms with Crippen LogP contribution in [0.15, 0.2) is 111 Å². The third-order valence-corrected chi connectivity index (χ3v) is 5.92. The summed E-state index contributed by atoms with van der Waals surface area (Å²) >= 11 is 0. The molecule has 0 amide bonds. The van der Waals surface area contributed by atoms with Gasteiger partial charge >= 0.3 is 5.63 Å². The van der Waals surface area contributed by atoms with Crippen molar-refractivity contribution in [3.63, 3.8) is 0 Å². The van der Waals surface area contributed by atoms with Crippen LogP contribution in [-0.2, 0) is 4.74 Å². The largest absolute Gasteiger partial charge is 0.443 e. The normalized spacial score (nSPS) is 13.7. The van der Waals surface area contributed by atoms with Crippen LogP contribution in [0.25, 0.3) is 22.4 Å². The zero-order valence-electron chi connectivity index (χ0n) is 19.9. The van der Waals surface area contributed by atoms with Gasteiger partial charge in [0, 0.05) is 27.8 Å². The molecule has 180 valence electrons. The second kappa shape index (κ2) is 9.91. The maximum absolute atomic E-state index is 12.2. The van der Waals surface area contributed by atoms with E-state index in [1.807, 2.05) is 72.8 Å². The molecular formula is C32H18N2O4. The molecule has 6 heteroatoms. The van der Waals surface area contributed by atoms with Crippen LogP contribution in [0, 0.1) is 23.7 Å².